The first-order chi connectivity index (χ1) is 20.6. The van der Waals surface area contributed by atoms with E-state index in [2.05, 4.69) is 5.32 Å². The van der Waals surface area contributed by atoms with Crippen LogP contribution >= 0.6 is 0 Å². The summed E-state index contributed by atoms with van der Waals surface area (Å²) in [5.74, 6) is 0.0190. The first-order valence-electron chi connectivity index (χ1n) is 14.5. The molecule has 230 valence electrons. The molecule has 10 heteroatoms. The van der Waals surface area contributed by atoms with E-state index in [1.807, 2.05) is 61.5 Å². The fourth-order valence-corrected chi connectivity index (χ4v) is 6.25. The average Bonchev–Trinajstić information content (AvgIpc) is 3.51. The van der Waals surface area contributed by atoms with E-state index in [4.69, 9.17) is 9.47 Å². The van der Waals surface area contributed by atoms with Gasteiger partial charge in [-0.2, -0.15) is 0 Å². The molecule has 2 amide bonds. The molecule has 3 aromatic rings. The Morgan fingerprint density at radius 1 is 0.907 bits per heavy atom. The summed E-state index contributed by atoms with van der Waals surface area (Å²) in [6.07, 6.45) is 5.24. The van der Waals surface area contributed by atoms with Crippen molar-refractivity contribution in [3.63, 3.8) is 0 Å². The van der Waals surface area contributed by atoms with Gasteiger partial charge in [0.1, 0.15) is 12.6 Å². The van der Waals surface area contributed by atoms with Crippen molar-refractivity contribution >= 4 is 27.5 Å². The van der Waals surface area contributed by atoms with Gasteiger partial charge in [-0.25, -0.2) is 8.42 Å². The molecule has 3 aromatic carbocycles. The minimum absolute atomic E-state index is 0.0568. The zero-order valence-electron chi connectivity index (χ0n) is 25.3. The van der Waals surface area contributed by atoms with Crippen LogP contribution in [-0.2, 0) is 32.6 Å². The molecule has 1 N–H and O–H groups in total. The van der Waals surface area contributed by atoms with Gasteiger partial charge in [-0.15, -0.1) is 0 Å². The molecular formula is C33H41N3O6S. The topological polar surface area (TPSA) is 105 Å². The number of hydrogen-bond donors (Lipinski definition) is 1. The summed E-state index contributed by atoms with van der Waals surface area (Å²) >= 11 is 0. The van der Waals surface area contributed by atoms with Crippen molar-refractivity contribution in [2.45, 2.75) is 57.7 Å². The molecule has 1 saturated carbocycles. The number of hydrogen-bond acceptors (Lipinski definition) is 6. The number of amides is 2. The largest absolute Gasteiger partial charge is 0.493 e. The Morgan fingerprint density at radius 3 is 2.16 bits per heavy atom. The molecule has 0 bridgehead atoms. The standard InChI is InChI=1S/C33H41N3O6S/c1-24-14-16-26(17-15-24)22-35(29(20-25-10-6-5-7-11-25)33(38)34-27-12-8-9-13-27)32(37)23-36(43(4,39)40)28-18-19-30(41-2)31(21-28)42-3/h5-7,10-11,14-19,21,27,29H,8-9,12-13,20,22-23H2,1-4H3,(H,34,38)/t29-/m0/s1. The van der Waals surface area contributed by atoms with E-state index in [0.29, 0.717) is 11.5 Å². The van der Waals surface area contributed by atoms with Crippen LogP contribution < -0.4 is 19.1 Å². The van der Waals surface area contributed by atoms with Gasteiger partial charge in [-0.3, -0.25) is 13.9 Å². The van der Waals surface area contributed by atoms with Gasteiger partial charge in [-0.1, -0.05) is 73.0 Å². The van der Waals surface area contributed by atoms with Crippen LogP contribution in [0.1, 0.15) is 42.4 Å². The van der Waals surface area contributed by atoms with Gasteiger partial charge in [0.15, 0.2) is 11.5 Å². The highest BCUT2D eigenvalue weighted by Gasteiger charge is 2.34. The van der Waals surface area contributed by atoms with E-state index < -0.39 is 28.5 Å². The number of nitrogens with one attached hydrogen (secondary N) is 1. The van der Waals surface area contributed by atoms with E-state index in [0.717, 1.165) is 52.9 Å². The number of carbonyl (C=O) groups excluding carboxylic acids is 2. The lowest BCUT2D eigenvalue weighted by atomic mass is 10.0. The summed E-state index contributed by atoms with van der Waals surface area (Å²) in [6, 6.07) is 21.2. The second kappa shape index (κ2) is 14.4. The van der Waals surface area contributed by atoms with Crippen LogP contribution in [0.15, 0.2) is 72.8 Å². The first-order valence-corrected chi connectivity index (χ1v) is 16.3. The van der Waals surface area contributed by atoms with Crippen molar-refractivity contribution in [1.29, 1.82) is 0 Å². The van der Waals surface area contributed by atoms with Crippen LogP contribution in [-0.4, -0.2) is 64.2 Å². The lowest BCUT2D eigenvalue weighted by molar-refractivity contribution is -0.140. The number of carbonyl (C=O) groups is 2. The van der Waals surface area contributed by atoms with Gasteiger partial charge in [0.05, 0.1) is 26.2 Å². The second-order valence-corrected chi connectivity index (χ2v) is 12.9. The zero-order valence-corrected chi connectivity index (χ0v) is 26.1. The molecule has 43 heavy (non-hydrogen) atoms. The molecule has 1 fully saturated rings. The SMILES string of the molecule is COc1ccc(N(CC(=O)N(Cc2ccc(C)cc2)[C@@H](Cc2ccccc2)C(=O)NC2CCCC2)S(C)(=O)=O)cc1OC. The van der Waals surface area contributed by atoms with Crippen LogP contribution in [0.2, 0.25) is 0 Å². The highest BCUT2D eigenvalue weighted by molar-refractivity contribution is 7.92. The van der Waals surface area contributed by atoms with Gasteiger partial charge >= 0.3 is 0 Å². The molecule has 0 heterocycles. The Kier molecular flexibility index (Phi) is 10.7. The van der Waals surface area contributed by atoms with E-state index >= 15 is 0 Å². The van der Waals surface area contributed by atoms with Crippen molar-refractivity contribution in [2.75, 3.05) is 31.3 Å². The molecule has 0 saturated heterocycles. The van der Waals surface area contributed by atoms with Crippen LogP contribution in [0.25, 0.3) is 0 Å². The molecule has 0 spiro atoms. The highest BCUT2D eigenvalue weighted by atomic mass is 32.2. The molecule has 1 atom stereocenters. The monoisotopic (exact) mass is 607 g/mol. The molecule has 4 rings (SSSR count). The van der Waals surface area contributed by atoms with E-state index in [1.54, 1.807) is 12.1 Å². The second-order valence-electron chi connectivity index (χ2n) is 11.0. The van der Waals surface area contributed by atoms with Gasteiger partial charge in [-0.05, 0) is 43.0 Å². The molecular weight excluding hydrogens is 566 g/mol. The maximum absolute atomic E-state index is 14.3. The summed E-state index contributed by atoms with van der Waals surface area (Å²) in [4.78, 5) is 29.7. The summed E-state index contributed by atoms with van der Waals surface area (Å²) in [5, 5.41) is 3.18. The van der Waals surface area contributed by atoms with E-state index in [1.165, 1.54) is 25.2 Å². The van der Waals surface area contributed by atoms with Crippen LogP contribution in [0.3, 0.4) is 0 Å². The predicted octanol–water partition coefficient (Wildman–Crippen LogP) is 4.48. The van der Waals surface area contributed by atoms with Crippen LogP contribution in [0.5, 0.6) is 11.5 Å². The smallest absolute Gasteiger partial charge is 0.244 e. The maximum Gasteiger partial charge on any atom is 0.244 e. The molecule has 0 radical (unpaired) electrons. The Hall–Kier alpha value is -4.05. The molecule has 0 unspecified atom stereocenters. The van der Waals surface area contributed by atoms with E-state index in [-0.39, 0.29) is 30.6 Å². The third-order valence-electron chi connectivity index (χ3n) is 7.78. The maximum atomic E-state index is 14.3. The number of aryl methyl sites for hydroxylation is 1. The summed E-state index contributed by atoms with van der Waals surface area (Å²) < 4.78 is 37.9. The molecule has 0 aliphatic heterocycles. The van der Waals surface area contributed by atoms with Crippen molar-refractivity contribution in [1.82, 2.24) is 10.2 Å². The van der Waals surface area contributed by atoms with Gasteiger partial charge < -0.3 is 19.7 Å². The lowest BCUT2D eigenvalue weighted by Crippen LogP contribution is -2.54. The average molecular weight is 608 g/mol. The highest BCUT2D eigenvalue weighted by Crippen LogP contribution is 2.32. The first kappa shape index (κ1) is 31.9. The third-order valence-corrected chi connectivity index (χ3v) is 8.92. The fourth-order valence-electron chi connectivity index (χ4n) is 5.41. The third kappa shape index (κ3) is 8.50. The summed E-state index contributed by atoms with van der Waals surface area (Å²) in [7, 11) is -0.960. The number of sulfonamides is 1. The molecule has 1 aliphatic rings. The van der Waals surface area contributed by atoms with E-state index in [9.17, 15) is 18.0 Å². The number of benzene rings is 3. The Labute approximate surface area is 254 Å². The van der Waals surface area contributed by atoms with Crippen LogP contribution in [0.4, 0.5) is 5.69 Å². The van der Waals surface area contributed by atoms with Crippen molar-refractivity contribution in [2.24, 2.45) is 0 Å². The minimum atomic E-state index is -3.90. The fraction of sp³-hybridized carbons (Fsp3) is 0.394. The number of methoxy groups -OCH3 is 2. The normalized spacial score (nSPS) is 14.1. The predicted molar refractivity (Wildman–Crippen MR) is 168 cm³/mol. The quantitative estimate of drug-likeness (QED) is 0.307. The molecule has 9 nitrogen and oxygen atoms in total. The van der Waals surface area contributed by atoms with Crippen molar-refractivity contribution < 1.29 is 27.5 Å². The van der Waals surface area contributed by atoms with Crippen molar-refractivity contribution in [3.05, 3.63) is 89.5 Å². The number of ether oxygens (including phenoxy) is 2. The number of rotatable bonds is 13. The minimum Gasteiger partial charge on any atom is -0.493 e. The zero-order chi connectivity index (χ0) is 31.0. The Balaban J connectivity index is 1.73. The van der Waals surface area contributed by atoms with Crippen molar-refractivity contribution in [3.8, 4) is 11.5 Å². The number of nitrogens with zero attached hydrogens (tertiary/aromatic N) is 2. The summed E-state index contributed by atoms with van der Waals surface area (Å²) in [6.45, 7) is 1.62. The number of anilines is 1. The Bertz CT molecular complexity index is 1490. The molecule has 1 aliphatic carbocycles. The van der Waals surface area contributed by atoms with Gasteiger partial charge in [0.25, 0.3) is 0 Å². The Morgan fingerprint density at radius 2 is 1.56 bits per heavy atom. The summed E-state index contributed by atoms with van der Waals surface area (Å²) in [5.41, 5.74) is 3.05. The lowest BCUT2D eigenvalue weighted by Gasteiger charge is -2.34. The van der Waals surface area contributed by atoms with Gasteiger partial charge in [0, 0.05) is 25.1 Å². The molecule has 0 aromatic heterocycles. The van der Waals surface area contributed by atoms with Crippen LogP contribution in [0, 0.1) is 6.92 Å². The van der Waals surface area contributed by atoms with Gasteiger partial charge in [0.2, 0.25) is 21.8 Å².